The standard InChI is InChI=1S/C25H34N2O4/c1-19(2)17-26-25(29)20(3)27(18-21-10-8-13-23(16-21)30-4)24(28)14-9-15-31-22-11-6-5-7-12-22/h5-8,10-13,16,19-20H,9,14-15,17-18H2,1-4H3,(H,26,29)/t20-/m0/s1. The Labute approximate surface area is 185 Å². The van der Waals surface area contributed by atoms with E-state index in [1.54, 1.807) is 18.9 Å². The molecular formula is C25H34N2O4. The van der Waals surface area contributed by atoms with Crippen LogP contribution in [0.5, 0.6) is 11.5 Å². The van der Waals surface area contributed by atoms with Crippen LogP contribution in [0.4, 0.5) is 0 Å². The predicted octanol–water partition coefficient (Wildman–Crippen LogP) is 4.04. The van der Waals surface area contributed by atoms with Gasteiger partial charge in [0.1, 0.15) is 17.5 Å². The van der Waals surface area contributed by atoms with E-state index in [1.165, 1.54) is 0 Å². The average Bonchev–Trinajstić information content (AvgIpc) is 2.78. The Morgan fingerprint density at radius 2 is 1.71 bits per heavy atom. The Morgan fingerprint density at radius 1 is 1.00 bits per heavy atom. The molecule has 0 heterocycles. The van der Waals surface area contributed by atoms with E-state index < -0.39 is 6.04 Å². The molecule has 31 heavy (non-hydrogen) atoms. The molecule has 0 aliphatic carbocycles. The first-order chi connectivity index (χ1) is 14.9. The molecule has 0 bridgehead atoms. The van der Waals surface area contributed by atoms with Crippen LogP contribution in [0.15, 0.2) is 54.6 Å². The lowest BCUT2D eigenvalue weighted by molar-refractivity contribution is -0.140. The molecule has 1 atom stereocenters. The summed E-state index contributed by atoms with van der Waals surface area (Å²) in [5, 5.41) is 2.93. The van der Waals surface area contributed by atoms with E-state index in [0.717, 1.165) is 17.1 Å². The van der Waals surface area contributed by atoms with Crippen LogP contribution in [0.3, 0.4) is 0 Å². The fourth-order valence-electron chi connectivity index (χ4n) is 3.08. The molecule has 6 nitrogen and oxygen atoms in total. The maximum absolute atomic E-state index is 13.1. The van der Waals surface area contributed by atoms with Crippen molar-refractivity contribution in [3.63, 3.8) is 0 Å². The largest absolute Gasteiger partial charge is 0.497 e. The maximum atomic E-state index is 13.1. The number of para-hydroxylation sites is 1. The van der Waals surface area contributed by atoms with E-state index in [1.807, 2.05) is 68.4 Å². The van der Waals surface area contributed by atoms with Crippen molar-refractivity contribution in [2.45, 2.75) is 46.2 Å². The normalized spacial score (nSPS) is 11.6. The first-order valence-corrected chi connectivity index (χ1v) is 10.8. The average molecular weight is 427 g/mol. The molecule has 0 saturated heterocycles. The second-order valence-electron chi connectivity index (χ2n) is 7.95. The van der Waals surface area contributed by atoms with Crippen molar-refractivity contribution in [2.24, 2.45) is 5.92 Å². The first-order valence-electron chi connectivity index (χ1n) is 10.8. The number of carbonyl (C=O) groups is 2. The second-order valence-corrected chi connectivity index (χ2v) is 7.95. The Balaban J connectivity index is 2.02. The van der Waals surface area contributed by atoms with Crippen LogP contribution >= 0.6 is 0 Å². The maximum Gasteiger partial charge on any atom is 0.242 e. The van der Waals surface area contributed by atoms with Crippen LogP contribution in [0.1, 0.15) is 39.2 Å². The summed E-state index contributed by atoms with van der Waals surface area (Å²) in [6.45, 7) is 7.21. The summed E-state index contributed by atoms with van der Waals surface area (Å²) in [6.07, 6.45) is 0.876. The molecule has 2 aromatic carbocycles. The van der Waals surface area contributed by atoms with E-state index in [2.05, 4.69) is 5.32 Å². The first kappa shape index (κ1) is 24.3. The molecule has 0 spiro atoms. The van der Waals surface area contributed by atoms with E-state index in [4.69, 9.17) is 9.47 Å². The molecule has 2 rings (SSSR count). The van der Waals surface area contributed by atoms with E-state index >= 15 is 0 Å². The van der Waals surface area contributed by atoms with Crippen molar-refractivity contribution < 1.29 is 19.1 Å². The molecule has 2 aromatic rings. The molecule has 0 saturated carbocycles. The summed E-state index contributed by atoms with van der Waals surface area (Å²) in [5.74, 6) is 1.62. The molecule has 2 amide bonds. The summed E-state index contributed by atoms with van der Waals surface area (Å²) >= 11 is 0. The topological polar surface area (TPSA) is 67.9 Å². The highest BCUT2D eigenvalue weighted by Crippen LogP contribution is 2.17. The monoisotopic (exact) mass is 426 g/mol. The Hall–Kier alpha value is -3.02. The zero-order valence-electron chi connectivity index (χ0n) is 19.0. The lowest BCUT2D eigenvalue weighted by Crippen LogP contribution is -2.48. The van der Waals surface area contributed by atoms with Crippen LogP contribution in [0.25, 0.3) is 0 Å². The van der Waals surface area contributed by atoms with Gasteiger partial charge >= 0.3 is 0 Å². The number of amides is 2. The molecule has 0 radical (unpaired) electrons. The molecule has 0 aromatic heterocycles. The minimum atomic E-state index is -0.576. The summed E-state index contributed by atoms with van der Waals surface area (Å²) in [5.41, 5.74) is 0.914. The highest BCUT2D eigenvalue weighted by molar-refractivity contribution is 5.87. The summed E-state index contributed by atoms with van der Waals surface area (Å²) < 4.78 is 11.0. The SMILES string of the molecule is COc1cccc(CN(C(=O)CCCOc2ccccc2)[C@@H](C)C(=O)NCC(C)C)c1. The fourth-order valence-corrected chi connectivity index (χ4v) is 3.08. The predicted molar refractivity (Wildman–Crippen MR) is 122 cm³/mol. The number of rotatable bonds is 12. The highest BCUT2D eigenvalue weighted by atomic mass is 16.5. The molecule has 0 aliphatic rings. The molecule has 0 aliphatic heterocycles. The van der Waals surface area contributed by atoms with Gasteiger partial charge in [0, 0.05) is 19.5 Å². The van der Waals surface area contributed by atoms with Crippen molar-refractivity contribution in [1.82, 2.24) is 10.2 Å². The van der Waals surface area contributed by atoms with Crippen molar-refractivity contribution >= 4 is 11.8 Å². The van der Waals surface area contributed by atoms with Crippen molar-refractivity contribution in [1.29, 1.82) is 0 Å². The number of nitrogens with zero attached hydrogens (tertiary/aromatic N) is 1. The van der Waals surface area contributed by atoms with Gasteiger partial charge in [0.2, 0.25) is 11.8 Å². The van der Waals surface area contributed by atoms with Gasteiger partial charge in [-0.25, -0.2) is 0 Å². The van der Waals surface area contributed by atoms with Crippen molar-refractivity contribution in [3.8, 4) is 11.5 Å². The molecule has 0 unspecified atom stereocenters. The quantitative estimate of drug-likeness (QED) is 0.520. The number of carbonyl (C=O) groups excluding carboxylic acids is 2. The fraction of sp³-hybridized carbons (Fsp3) is 0.440. The third kappa shape index (κ3) is 8.32. The lowest BCUT2D eigenvalue weighted by atomic mass is 10.1. The summed E-state index contributed by atoms with van der Waals surface area (Å²) in [4.78, 5) is 27.4. The minimum Gasteiger partial charge on any atom is -0.497 e. The van der Waals surface area contributed by atoms with Gasteiger partial charge in [0.15, 0.2) is 0 Å². The molecule has 0 fully saturated rings. The zero-order valence-corrected chi connectivity index (χ0v) is 19.0. The summed E-state index contributed by atoms with van der Waals surface area (Å²) in [6, 6.07) is 16.5. The number of methoxy groups -OCH3 is 1. The molecule has 168 valence electrons. The van der Waals surface area contributed by atoms with Crippen LogP contribution in [0, 0.1) is 5.92 Å². The highest BCUT2D eigenvalue weighted by Gasteiger charge is 2.26. The van der Waals surface area contributed by atoms with Gasteiger partial charge in [-0.1, -0.05) is 44.2 Å². The Bertz CT molecular complexity index is 823. The van der Waals surface area contributed by atoms with Crippen LogP contribution in [-0.2, 0) is 16.1 Å². The Morgan fingerprint density at radius 3 is 2.39 bits per heavy atom. The number of hydrogen-bond donors (Lipinski definition) is 1. The van der Waals surface area contributed by atoms with Gasteiger partial charge < -0.3 is 19.7 Å². The van der Waals surface area contributed by atoms with Crippen LogP contribution in [0.2, 0.25) is 0 Å². The minimum absolute atomic E-state index is 0.0771. The van der Waals surface area contributed by atoms with Gasteiger partial charge in [-0.2, -0.15) is 0 Å². The van der Waals surface area contributed by atoms with Crippen molar-refractivity contribution in [2.75, 3.05) is 20.3 Å². The second kappa shape index (κ2) is 12.6. The third-order valence-corrected chi connectivity index (χ3v) is 4.89. The number of ether oxygens (including phenoxy) is 2. The smallest absolute Gasteiger partial charge is 0.242 e. The van der Waals surface area contributed by atoms with Crippen LogP contribution < -0.4 is 14.8 Å². The number of benzene rings is 2. The molecule has 1 N–H and O–H groups in total. The van der Waals surface area contributed by atoms with Crippen LogP contribution in [-0.4, -0.2) is 43.0 Å². The number of nitrogens with one attached hydrogen (secondary N) is 1. The summed E-state index contributed by atoms with van der Waals surface area (Å²) in [7, 11) is 1.61. The lowest BCUT2D eigenvalue weighted by Gasteiger charge is -2.29. The van der Waals surface area contributed by atoms with Gasteiger partial charge in [-0.05, 0) is 49.1 Å². The Kier molecular flexibility index (Phi) is 9.88. The van der Waals surface area contributed by atoms with E-state index in [-0.39, 0.29) is 11.8 Å². The molecular weight excluding hydrogens is 392 g/mol. The van der Waals surface area contributed by atoms with Gasteiger partial charge in [-0.15, -0.1) is 0 Å². The zero-order chi connectivity index (χ0) is 22.6. The van der Waals surface area contributed by atoms with E-state index in [0.29, 0.717) is 38.5 Å². The van der Waals surface area contributed by atoms with E-state index in [9.17, 15) is 9.59 Å². The van der Waals surface area contributed by atoms with Gasteiger partial charge in [-0.3, -0.25) is 9.59 Å². The van der Waals surface area contributed by atoms with Crippen molar-refractivity contribution in [3.05, 3.63) is 60.2 Å². The number of hydrogen-bond acceptors (Lipinski definition) is 4. The van der Waals surface area contributed by atoms with Gasteiger partial charge in [0.05, 0.1) is 13.7 Å². The third-order valence-electron chi connectivity index (χ3n) is 4.89. The molecule has 6 heteroatoms. The van der Waals surface area contributed by atoms with Gasteiger partial charge in [0.25, 0.3) is 0 Å².